The van der Waals surface area contributed by atoms with E-state index in [-0.39, 0.29) is 12.2 Å². The highest BCUT2D eigenvalue weighted by Crippen LogP contribution is 2.21. The number of rotatable bonds is 5. The Balaban J connectivity index is 1.68. The van der Waals surface area contributed by atoms with Crippen LogP contribution in [0, 0.1) is 6.92 Å². The third kappa shape index (κ3) is 4.81. The van der Waals surface area contributed by atoms with Gasteiger partial charge in [-0.3, -0.25) is 0 Å². The van der Waals surface area contributed by atoms with E-state index in [1.54, 1.807) is 13.0 Å². The standard InChI is InChI=1S/C19H29N3O5/c1-4-20-19(21-11-14-10-15(13(2)27-14)18(23)24-3)22-7-9-26-17(12-22)16-6-5-8-25-16/h10,16-17H,4-9,11-12H2,1-3H3,(H,20,21). The van der Waals surface area contributed by atoms with Crippen molar-refractivity contribution < 1.29 is 23.4 Å². The van der Waals surface area contributed by atoms with Crippen LogP contribution >= 0.6 is 0 Å². The van der Waals surface area contributed by atoms with Gasteiger partial charge in [-0.15, -0.1) is 0 Å². The van der Waals surface area contributed by atoms with E-state index in [1.165, 1.54) is 7.11 Å². The molecule has 0 radical (unpaired) electrons. The van der Waals surface area contributed by atoms with Gasteiger partial charge in [0.05, 0.1) is 19.8 Å². The van der Waals surface area contributed by atoms with Gasteiger partial charge in [-0.2, -0.15) is 0 Å². The van der Waals surface area contributed by atoms with Crippen LogP contribution in [0.2, 0.25) is 0 Å². The van der Waals surface area contributed by atoms with Crippen LogP contribution in [0.1, 0.15) is 41.6 Å². The number of aliphatic imine (C=N–C) groups is 1. The van der Waals surface area contributed by atoms with Crippen LogP contribution in [0.15, 0.2) is 15.5 Å². The first-order valence-corrected chi connectivity index (χ1v) is 9.56. The molecule has 8 nitrogen and oxygen atoms in total. The number of carbonyl (C=O) groups is 1. The van der Waals surface area contributed by atoms with Crippen molar-refractivity contribution >= 4 is 11.9 Å². The van der Waals surface area contributed by atoms with Gasteiger partial charge in [-0.05, 0) is 32.8 Å². The highest BCUT2D eigenvalue weighted by Gasteiger charge is 2.32. The highest BCUT2D eigenvalue weighted by atomic mass is 16.5. The molecule has 3 rings (SSSR count). The number of guanidine groups is 1. The minimum Gasteiger partial charge on any atom is -0.465 e. The highest BCUT2D eigenvalue weighted by molar-refractivity contribution is 5.90. The molecule has 0 bridgehead atoms. The first kappa shape index (κ1) is 19.7. The summed E-state index contributed by atoms with van der Waals surface area (Å²) in [6, 6.07) is 1.70. The number of ether oxygens (including phenoxy) is 3. The molecule has 2 fully saturated rings. The first-order chi connectivity index (χ1) is 13.1. The van der Waals surface area contributed by atoms with E-state index in [0.29, 0.717) is 30.2 Å². The molecule has 0 saturated carbocycles. The fraction of sp³-hybridized carbons (Fsp3) is 0.684. The van der Waals surface area contributed by atoms with Crippen LogP contribution in [0.4, 0.5) is 0 Å². The number of carbonyl (C=O) groups excluding carboxylic acids is 1. The molecule has 2 aliphatic heterocycles. The molecule has 27 heavy (non-hydrogen) atoms. The van der Waals surface area contributed by atoms with Crippen molar-refractivity contribution in [2.24, 2.45) is 4.99 Å². The van der Waals surface area contributed by atoms with E-state index in [4.69, 9.17) is 23.6 Å². The molecule has 3 heterocycles. The largest absolute Gasteiger partial charge is 0.465 e. The molecule has 1 N–H and O–H groups in total. The Morgan fingerprint density at radius 2 is 2.19 bits per heavy atom. The summed E-state index contributed by atoms with van der Waals surface area (Å²) >= 11 is 0. The monoisotopic (exact) mass is 379 g/mol. The van der Waals surface area contributed by atoms with Crippen LogP contribution < -0.4 is 5.32 Å². The Morgan fingerprint density at radius 3 is 2.89 bits per heavy atom. The van der Waals surface area contributed by atoms with Crippen molar-refractivity contribution in [1.82, 2.24) is 10.2 Å². The average molecular weight is 379 g/mol. The van der Waals surface area contributed by atoms with Crippen molar-refractivity contribution in [3.8, 4) is 0 Å². The molecule has 0 amide bonds. The fourth-order valence-electron chi connectivity index (χ4n) is 3.50. The molecule has 1 aromatic rings. The summed E-state index contributed by atoms with van der Waals surface area (Å²) in [4.78, 5) is 18.6. The second-order valence-electron chi connectivity index (χ2n) is 6.75. The molecule has 2 atom stereocenters. The fourth-order valence-corrected chi connectivity index (χ4v) is 3.50. The second-order valence-corrected chi connectivity index (χ2v) is 6.75. The number of morpholine rings is 1. The third-order valence-electron chi connectivity index (χ3n) is 4.87. The van der Waals surface area contributed by atoms with Crippen molar-refractivity contribution in [3.05, 3.63) is 23.2 Å². The lowest BCUT2D eigenvalue weighted by Crippen LogP contribution is -2.53. The van der Waals surface area contributed by atoms with E-state index in [9.17, 15) is 4.79 Å². The first-order valence-electron chi connectivity index (χ1n) is 9.56. The Bertz CT molecular complexity index is 666. The van der Waals surface area contributed by atoms with Gasteiger partial charge >= 0.3 is 5.97 Å². The topological polar surface area (TPSA) is 85.5 Å². The molecule has 150 valence electrons. The molecular weight excluding hydrogens is 350 g/mol. The summed E-state index contributed by atoms with van der Waals surface area (Å²) in [5, 5.41) is 3.34. The van der Waals surface area contributed by atoms with E-state index in [1.807, 2.05) is 6.92 Å². The van der Waals surface area contributed by atoms with E-state index in [2.05, 4.69) is 10.2 Å². The summed E-state index contributed by atoms with van der Waals surface area (Å²) in [7, 11) is 1.36. The smallest absolute Gasteiger partial charge is 0.341 e. The minimum absolute atomic E-state index is 0.0712. The van der Waals surface area contributed by atoms with Crippen LogP contribution in [-0.4, -0.2) is 69.0 Å². The van der Waals surface area contributed by atoms with Crippen molar-refractivity contribution in [2.75, 3.05) is 40.0 Å². The Hall–Kier alpha value is -2.06. The predicted molar refractivity (Wildman–Crippen MR) is 99.9 cm³/mol. The Kier molecular flexibility index (Phi) is 6.73. The molecule has 2 aliphatic rings. The van der Waals surface area contributed by atoms with Crippen LogP contribution in [0.25, 0.3) is 0 Å². The maximum absolute atomic E-state index is 11.7. The molecule has 2 unspecified atom stereocenters. The average Bonchev–Trinajstić information content (AvgIpc) is 3.34. The van der Waals surface area contributed by atoms with Gasteiger partial charge < -0.3 is 28.8 Å². The summed E-state index contributed by atoms with van der Waals surface area (Å²) in [5.74, 6) is 1.59. The second kappa shape index (κ2) is 9.23. The predicted octanol–water partition coefficient (Wildman–Crippen LogP) is 1.72. The zero-order chi connectivity index (χ0) is 19.2. The number of hydrogen-bond donors (Lipinski definition) is 1. The molecular formula is C19H29N3O5. The zero-order valence-corrected chi connectivity index (χ0v) is 16.3. The minimum atomic E-state index is -0.397. The van der Waals surface area contributed by atoms with Gasteiger partial charge in [-0.25, -0.2) is 9.79 Å². The Morgan fingerprint density at radius 1 is 1.37 bits per heavy atom. The molecule has 0 spiro atoms. The third-order valence-corrected chi connectivity index (χ3v) is 4.87. The Labute approximate surface area is 159 Å². The number of esters is 1. The molecule has 8 heteroatoms. The molecule has 0 aromatic carbocycles. The maximum atomic E-state index is 11.7. The van der Waals surface area contributed by atoms with Crippen molar-refractivity contribution in [2.45, 2.75) is 45.4 Å². The van der Waals surface area contributed by atoms with Crippen LogP contribution in [-0.2, 0) is 20.8 Å². The zero-order valence-electron chi connectivity index (χ0n) is 16.3. The number of hydrogen-bond acceptors (Lipinski definition) is 6. The molecule has 0 aliphatic carbocycles. The lowest BCUT2D eigenvalue weighted by molar-refractivity contribution is -0.0817. The number of furan rings is 1. The van der Waals surface area contributed by atoms with E-state index >= 15 is 0 Å². The quantitative estimate of drug-likeness (QED) is 0.474. The molecule has 2 saturated heterocycles. The SMILES string of the molecule is CCNC(=NCc1cc(C(=O)OC)c(C)o1)N1CCOC(C2CCCO2)C1. The van der Waals surface area contributed by atoms with Gasteiger partial charge in [0.15, 0.2) is 5.96 Å². The number of nitrogens with zero attached hydrogens (tertiary/aromatic N) is 2. The molecule has 1 aromatic heterocycles. The van der Waals surface area contributed by atoms with Crippen LogP contribution in [0.3, 0.4) is 0 Å². The summed E-state index contributed by atoms with van der Waals surface area (Å²) < 4.78 is 22.1. The van der Waals surface area contributed by atoms with Crippen molar-refractivity contribution in [1.29, 1.82) is 0 Å². The van der Waals surface area contributed by atoms with Crippen molar-refractivity contribution in [3.63, 3.8) is 0 Å². The summed E-state index contributed by atoms with van der Waals surface area (Å²) in [5.41, 5.74) is 0.442. The number of aryl methyl sites for hydroxylation is 1. The normalized spacial score (nSPS) is 23.5. The van der Waals surface area contributed by atoms with Gasteiger partial charge in [0.2, 0.25) is 0 Å². The number of methoxy groups -OCH3 is 1. The van der Waals surface area contributed by atoms with Gasteiger partial charge in [-0.1, -0.05) is 0 Å². The summed E-state index contributed by atoms with van der Waals surface area (Å²) in [6.45, 7) is 7.91. The van der Waals surface area contributed by atoms with E-state index < -0.39 is 5.97 Å². The summed E-state index contributed by atoms with van der Waals surface area (Å²) in [6.07, 6.45) is 2.39. The lowest BCUT2D eigenvalue weighted by Gasteiger charge is -2.37. The van der Waals surface area contributed by atoms with Crippen LogP contribution in [0.5, 0.6) is 0 Å². The number of nitrogens with one attached hydrogen (secondary N) is 1. The van der Waals surface area contributed by atoms with Gasteiger partial charge in [0, 0.05) is 26.2 Å². The van der Waals surface area contributed by atoms with Gasteiger partial charge in [0.25, 0.3) is 0 Å². The maximum Gasteiger partial charge on any atom is 0.341 e. The van der Waals surface area contributed by atoms with E-state index in [0.717, 1.165) is 45.0 Å². The van der Waals surface area contributed by atoms with Gasteiger partial charge in [0.1, 0.15) is 29.7 Å². The lowest BCUT2D eigenvalue weighted by atomic mass is 10.1.